The Hall–Kier alpha value is -1.59. The molecule has 0 amide bonds. The Morgan fingerprint density at radius 3 is 2.43 bits per heavy atom. The van der Waals surface area contributed by atoms with Gasteiger partial charge < -0.3 is 20.2 Å². The summed E-state index contributed by atoms with van der Waals surface area (Å²) in [6.07, 6.45) is 0. The fraction of sp³-hybridized carbons (Fsp3) is 0.562. The summed E-state index contributed by atoms with van der Waals surface area (Å²) >= 11 is 0. The monoisotopic (exact) mass is 290 g/mol. The van der Waals surface area contributed by atoms with Crippen molar-refractivity contribution < 1.29 is 0 Å². The van der Waals surface area contributed by atoms with E-state index in [1.54, 1.807) is 0 Å². The molecular weight excluding hydrogens is 264 g/mol. The molecule has 5 nitrogen and oxygen atoms in total. The first-order valence-electron chi connectivity index (χ1n) is 7.50. The van der Waals surface area contributed by atoms with Gasteiger partial charge in [0.1, 0.15) is 0 Å². The Kier molecular flexibility index (Phi) is 4.85. The van der Waals surface area contributed by atoms with Gasteiger partial charge in [0.15, 0.2) is 0 Å². The first-order chi connectivity index (χ1) is 9.88. The number of imidazole rings is 1. The molecule has 2 aromatic rings. The second-order valence-electron chi connectivity index (χ2n) is 6.29. The summed E-state index contributed by atoms with van der Waals surface area (Å²) in [6.45, 7) is 7.58. The second kappa shape index (κ2) is 6.45. The standard InChI is InChI=1S/C16H26N4O/c1-10(2)15(20(4)5)9-17-11(3)12-6-7-13-14(8-12)19-16(21)18-13/h6-8,10-11,15,17H,9H2,1-5H3,(H2,18,19,21). The Morgan fingerprint density at radius 2 is 1.81 bits per heavy atom. The van der Waals surface area contributed by atoms with E-state index in [-0.39, 0.29) is 11.7 Å². The minimum atomic E-state index is -0.157. The lowest BCUT2D eigenvalue weighted by Crippen LogP contribution is -2.42. The number of nitrogens with zero attached hydrogens (tertiary/aromatic N) is 1. The molecule has 3 N–H and O–H groups in total. The number of aromatic amines is 2. The molecule has 2 atom stereocenters. The highest BCUT2D eigenvalue weighted by molar-refractivity contribution is 5.75. The average molecular weight is 290 g/mol. The van der Waals surface area contributed by atoms with Gasteiger partial charge in [0, 0.05) is 18.6 Å². The predicted molar refractivity (Wildman–Crippen MR) is 87.7 cm³/mol. The molecule has 0 aliphatic heterocycles. The number of rotatable bonds is 6. The molecule has 0 fully saturated rings. The normalized spacial score (nSPS) is 15.0. The van der Waals surface area contributed by atoms with E-state index in [9.17, 15) is 4.79 Å². The van der Waals surface area contributed by atoms with E-state index in [0.29, 0.717) is 12.0 Å². The topological polar surface area (TPSA) is 63.9 Å². The van der Waals surface area contributed by atoms with Gasteiger partial charge in [0.25, 0.3) is 0 Å². The van der Waals surface area contributed by atoms with Gasteiger partial charge in [-0.2, -0.15) is 0 Å². The fourth-order valence-electron chi connectivity index (χ4n) is 2.75. The maximum absolute atomic E-state index is 11.3. The fourth-order valence-corrected chi connectivity index (χ4v) is 2.75. The SMILES string of the molecule is CC(NCC(C(C)C)N(C)C)c1ccc2[nH]c(=O)[nH]c2c1. The van der Waals surface area contributed by atoms with Crippen LogP contribution in [0.25, 0.3) is 11.0 Å². The van der Waals surface area contributed by atoms with Gasteiger partial charge >= 0.3 is 5.69 Å². The van der Waals surface area contributed by atoms with Crippen molar-refractivity contribution in [3.63, 3.8) is 0 Å². The molecule has 0 saturated carbocycles. The predicted octanol–water partition coefficient (Wildman–Crippen LogP) is 2.09. The van der Waals surface area contributed by atoms with Gasteiger partial charge in [-0.1, -0.05) is 19.9 Å². The van der Waals surface area contributed by atoms with Crippen LogP contribution in [0.2, 0.25) is 0 Å². The first kappa shape index (κ1) is 15.8. The Bertz CT molecular complexity index is 633. The highest BCUT2D eigenvalue weighted by atomic mass is 16.1. The number of H-pyrrole nitrogens is 2. The molecule has 0 radical (unpaired) electrons. The number of likely N-dealkylation sites (N-methyl/N-ethyl adjacent to an activating group) is 1. The minimum absolute atomic E-state index is 0.157. The molecule has 0 aliphatic rings. The van der Waals surface area contributed by atoms with Crippen molar-refractivity contribution in [2.75, 3.05) is 20.6 Å². The summed E-state index contributed by atoms with van der Waals surface area (Å²) in [5, 5.41) is 3.59. The zero-order chi connectivity index (χ0) is 15.6. The first-order valence-corrected chi connectivity index (χ1v) is 7.50. The molecule has 2 unspecified atom stereocenters. The van der Waals surface area contributed by atoms with Crippen LogP contribution in [0, 0.1) is 5.92 Å². The molecule has 0 bridgehead atoms. The van der Waals surface area contributed by atoms with Crippen LogP contribution in [0.1, 0.15) is 32.4 Å². The van der Waals surface area contributed by atoms with Crippen molar-refractivity contribution in [2.24, 2.45) is 5.92 Å². The highest BCUT2D eigenvalue weighted by Crippen LogP contribution is 2.17. The molecule has 5 heteroatoms. The molecule has 1 aromatic carbocycles. The van der Waals surface area contributed by atoms with Gasteiger partial charge in [0.05, 0.1) is 11.0 Å². The van der Waals surface area contributed by atoms with Crippen LogP contribution in [-0.2, 0) is 0 Å². The van der Waals surface area contributed by atoms with E-state index in [2.05, 4.69) is 61.1 Å². The quantitative estimate of drug-likeness (QED) is 0.763. The summed E-state index contributed by atoms with van der Waals surface area (Å²) in [6, 6.07) is 6.79. The summed E-state index contributed by atoms with van der Waals surface area (Å²) in [5.41, 5.74) is 2.73. The van der Waals surface area contributed by atoms with Crippen LogP contribution < -0.4 is 11.0 Å². The third-order valence-corrected chi connectivity index (χ3v) is 4.11. The number of benzene rings is 1. The van der Waals surface area contributed by atoms with Crippen LogP contribution in [0.4, 0.5) is 0 Å². The van der Waals surface area contributed by atoms with E-state index >= 15 is 0 Å². The van der Waals surface area contributed by atoms with Crippen molar-refractivity contribution in [2.45, 2.75) is 32.9 Å². The lowest BCUT2D eigenvalue weighted by Gasteiger charge is -2.29. The van der Waals surface area contributed by atoms with Gasteiger partial charge in [-0.15, -0.1) is 0 Å². The van der Waals surface area contributed by atoms with Crippen LogP contribution in [-0.4, -0.2) is 41.5 Å². The highest BCUT2D eigenvalue weighted by Gasteiger charge is 2.17. The van der Waals surface area contributed by atoms with Crippen LogP contribution in [0.3, 0.4) is 0 Å². The van der Waals surface area contributed by atoms with Crippen molar-refractivity contribution in [3.05, 3.63) is 34.2 Å². The number of nitrogens with one attached hydrogen (secondary N) is 3. The van der Waals surface area contributed by atoms with E-state index < -0.39 is 0 Å². The average Bonchev–Trinajstić information content (AvgIpc) is 2.76. The lowest BCUT2D eigenvalue weighted by atomic mass is 10.0. The molecule has 21 heavy (non-hydrogen) atoms. The van der Waals surface area contributed by atoms with E-state index in [0.717, 1.165) is 17.6 Å². The van der Waals surface area contributed by atoms with Crippen molar-refractivity contribution >= 4 is 11.0 Å². The molecule has 0 spiro atoms. The smallest absolute Gasteiger partial charge is 0.309 e. The third kappa shape index (κ3) is 3.74. The second-order valence-corrected chi connectivity index (χ2v) is 6.29. The maximum Gasteiger partial charge on any atom is 0.323 e. The molecule has 0 saturated heterocycles. The summed E-state index contributed by atoms with van der Waals surface area (Å²) < 4.78 is 0. The maximum atomic E-state index is 11.3. The third-order valence-electron chi connectivity index (χ3n) is 4.11. The molecule has 116 valence electrons. The largest absolute Gasteiger partial charge is 0.323 e. The van der Waals surface area contributed by atoms with Crippen LogP contribution >= 0.6 is 0 Å². The van der Waals surface area contributed by atoms with E-state index in [1.807, 2.05) is 12.1 Å². The molecule has 0 aliphatic carbocycles. The Labute approximate surface area is 125 Å². The number of hydrogen-bond donors (Lipinski definition) is 3. The van der Waals surface area contributed by atoms with Gasteiger partial charge in [-0.05, 0) is 44.6 Å². The Morgan fingerprint density at radius 1 is 1.14 bits per heavy atom. The summed E-state index contributed by atoms with van der Waals surface area (Å²) in [7, 11) is 4.24. The summed E-state index contributed by atoms with van der Waals surface area (Å²) in [4.78, 5) is 19.1. The van der Waals surface area contributed by atoms with Crippen LogP contribution in [0.15, 0.2) is 23.0 Å². The van der Waals surface area contributed by atoms with Crippen molar-refractivity contribution in [3.8, 4) is 0 Å². The number of aromatic nitrogens is 2. The van der Waals surface area contributed by atoms with E-state index in [4.69, 9.17) is 0 Å². The zero-order valence-corrected chi connectivity index (χ0v) is 13.5. The molecule has 1 aromatic heterocycles. The lowest BCUT2D eigenvalue weighted by molar-refractivity contribution is 0.220. The minimum Gasteiger partial charge on any atom is -0.309 e. The van der Waals surface area contributed by atoms with Gasteiger partial charge in [0.2, 0.25) is 0 Å². The van der Waals surface area contributed by atoms with Crippen molar-refractivity contribution in [1.29, 1.82) is 0 Å². The zero-order valence-electron chi connectivity index (χ0n) is 13.5. The molecular formula is C16H26N4O. The number of hydrogen-bond acceptors (Lipinski definition) is 3. The van der Waals surface area contributed by atoms with Crippen molar-refractivity contribution in [1.82, 2.24) is 20.2 Å². The number of fused-ring (bicyclic) bond motifs is 1. The molecule has 1 heterocycles. The van der Waals surface area contributed by atoms with Gasteiger partial charge in [-0.25, -0.2) is 4.79 Å². The Balaban J connectivity index is 2.07. The van der Waals surface area contributed by atoms with Crippen LogP contribution in [0.5, 0.6) is 0 Å². The molecule has 2 rings (SSSR count). The van der Waals surface area contributed by atoms with Gasteiger partial charge in [-0.3, -0.25) is 0 Å². The van der Waals surface area contributed by atoms with E-state index in [1.165, 1.54) is 5.56 Å². The summed E-state index contributed by atoms with van der Waals surface area (Å²) in [5.74, 6) is 0.600.